The van der Waals surface area contributed by atoms with E-state index in [1.807, 2.05) is 37.3 Å². The second kappa shape index (κ2) is 11.8. The van der Waals surface area contributed by atoms with Crippen LogP contribution in [0.15, 0.2) is 54.6 Å². The van der Waals surface area contributed by atoms with Gasteiger partial charge in [-0.1, -0.05) is 62.7 Å². The highest BCUT2D eigenvalue weighted by atomic mass is 19.1. The van der Waals surface area contributed by atoms with Crippen LogP contribution in [0.4, 0.5) is 4.39 Å². The summed E-state index contributed by atoms with van der Waals surface area (Å²) in [4.78, 5) is 27.2. The van der Waals surface area contributed by atoms with E-state index in [1.165, 1.54) is 17.0 Å². The summed E-state index contributed by atoms with van der Waals surface area (Å²) in [7, 11) is 0. The number of nitrogens with zero attached hydrogens (tertiary/aromatic N) is 1. The van der Waals surface area contributed by atoms with E-state index in [0.717, 1.165) is 18.4 Å². The number of carbonyl (C=O) groups is 2. The lowest BCUT2D eigenvalue weighted by atomic mass is 10.1. The molecule has 0 unspecified atom stereocenters. The fourth-order valence-electron chi connectivity index (χ4n) is 2.99. The smallest absolute Gasteiger partial charge is 0.261 e. The maximum absolute atomic E-state index is 13.8. The standard InChI is InChI=1S/C23H29FN2O3/c1-3-5-15-25-23(28)20(4-2)26(16-18-11-7-6-8-12-18)22(27)17-29-21-14-10-9-13-19(21)24/h6-14,20H,3-5,15-17H2,1-2H3,(H,25,28)/t20-/m1/s1. The Labute approximate surface area is 171 Å². The highest BCUT2D eigenvalue weighted by molar-refractivity contribution is 5.88. The molecule has 156 valence electrons. The molecule has 1 atom stereocenters. The Balaban J connectivity index is 2.15. The summed E-state index contributed by atoms with van der Waals surface area (Å²) in [6.45, 7) is 4.43. The molecule has 0 saturated heterocycles. The zero-order valence-electron chi connectivity index (χ0n) is 17.1. The first-order chi connectivity index (χ1) is 14.1. The van der Waals surface area contributed by atoms with E-state index in [-0.39, 0.29) is 30.7 Å². The Morgan fingerprint density at radius 2 is 1.76 bits per heavy atom. The van der Waals surface area contributed by atoms with Crippen molar-refractivity contribution in [1.29, 1.82) is 0 Å². The molecule has 1 N–H and O–H groups in total. The third-order valence-electron chi connectivity index (χ3n) is 4.60. The number of hydrogen-bond donors (Lipinski definition) is 1. The minimum Gasteiger partial charge on any atom is -0.481 e. The summed E-state index contributed by atoms with van der Waals surface area (Å²) in [6, 6.07) is 14.8. The third kappa shape index (κ3) is 6.89. The SMILES string of the molecule is CCCCNC(=O)[C@@H](CC)N(Cc1ccccc1)C(=O)COc1ccccc1F. The van der Waals surface area contributed by atoms with Crippen molar-refractivity contribution in [1.82, 2.24) is 10.2 Å². The summed E-state index contributed by atoms with van der Waals surface area (Å²) in [5.74, 6) is -1.06. The highest BCUT2D eigenvalue weighted by Crippen LogP contribution is 2.17. The van der Waals surface area contributed by atoms with Crippen LogP contribution in [-0.2, 0) is 16.1 Å². The van der Waals surface area contributed by atoms with E-state index >= 15 is 0 Å². The number of ether oxygens (including phenoxy) is 1. The number of benzene rings is 2. The number of halogens is 1. The van der Waals surface area contributed by atoms with Crippen molar-refractivity contribution < 1.29 is 18.7 Å². The molecule has 0 aliphatic carbocycles. The largest absolute Gasteiger partial charge is 0.481 e. The van der Waals surface area contributed by atoms with Crippen molar-refractivity contribution in [2.24, 2.45) is 0 Å². The minimum atomic E-state index is -0.621. The lowest BCUT2D eigenvalue weighted by Gasteiger charge is -2.30. The molecule has 29 heavy (non-hydrogen) atoms. The summed E-state index contributed by atoms with van der Waals surface area (Å²) in [5, 5.41) is 2.90. The summed E-state index contributed by atoms with van der Waals surface area (Å²) >= 11 is 0. The summed E-state index contributed by atoms with van der Waals surface area (Å²) in [5.41, 5.74) is 0.909. The molecule has 5 nitrogen and oxygen atoms in total. The van der Waals surface area contributed by atoms with E-state index in [4.69, 9.17) is 4.74 Å². The van der Waals surface area contributed by atoms with Gasteiger partial charge in [-0.25, -0.2) is 4.39 Å². The van der Waals surface area contributed by atoms with Gasteiger partial charge in [-0.05, 0) is 30.5 Å². The molecule has 0 heterocycles. The first-order valence-electron chi connectivity index (χ1n) is 10.0. The monoisotopic (exact) mass is 400 g/mol. The number of nitrogens with one attached hydrogen (secondary N) is 1. The summed E-state index contributed by atoms with van der Waals surface area (Å²) < 4.78 is 19.2. The second-order valence-corrected chi connectivity index (χ2v) is 6.79. The number of unbranched alkanes of at least 4 members (excludes halogenated alkanes) is 1. The lowest BCUT2D eigenvalue weighted by Crippen LogP contribution is -2.50. The predicted octanol–water partition coefficient (Wildman–Crippen LogP) is 3.93. The van der Waals surface area contributed by atoms with Gasteiger partial charge in [0.05, 0.1) is 0 Å². The number of rotatable bonds is 11. The van der Waals surface area contributed by atoms with E-state index in [9.17, 15) is 14.0 Å². The van der Waals surface area contributed by atoms with Crippen molar-refractivity contribution in [2.75, 3.05) is 13.2 Å². The van der Waals surface area contributed by atoms with Crippen molar-refractivity contribution >= 4 is 11.8 Å². The number of amides is 2. The van der Waals surface area contributed by atoms with Crippen molar-refractivity contribution in [2.45, 2.75) is 45.7 Å². The zero-order valence-corrected chi connectivity index (χ0v) is 17.1. The molecule has 2 rings (SSSR count). The van der Waals surface area contributed by atoms with Gasteiger partial charge in [-0.3, -0.25) is 9.59 Å². The second-order valence-electron chi connectivity index (χ2n) is 6.79. The van der Waals surface area contributed by atoms with Crippen LogP contribution >= 0.6 is 0 Å². The molecule has 2 amide bonds. The normalized spacial score (nSPS) is 11.6. The van der Waals surface area contributed by atoms with Gasteiger partial charge in [0.25, 0.3) is 5.91 Å². The molecule has 0 fully saturated rings. The van der Waals surface area contributed by atoms with Gasteiger partial charge in [0.1, 0.15) is 6.04 Å². The van der Waals surface area contributed by atoms with Gasteiger partial charge in [-0.2, -0.15) is 0 Å². The molecule has 0 radical (unpaired) electrons. The molecule has 0 saturated carbocycles. The average Bonchev–Trinajstić information content (AvgIpc) is 2.73. The first-order valence-corrected chi connectivity index (χ1v) is 10.0. The molecule has 6 heteroatoms. The first kappa shape index (κ1) is 22.4. The highest BCUT2D eigenvalue weighted by Gasteiger charge is 2.28. The van der Waals surface area contributed by atoms with E-state index in [2.05, 4.69) is 12.2 Å². The van der Waals surface area contributed by atoms with Crippen LogP contribution in [0.25, 0.3) is 0 Å². The lowest BCUT2D eigenvalue weighted by molar-refractivity contribution is -0.143. The maximum Gasteiger partial charge on any atom is 0.261 e. The molecule has 0 aliphatic heterocycles. The van der Waals surface area contributed by atoms with Crippen LogP contribution in [0.5, 0.6) is 5.75 Å². The number of para-hydroxylation sites is 1. The zero-order chi connectivity index (χ0) is 21.1. The Bertz CT molecular complexity index is 783. The Hall–Kier alpha value is -2.89. The topological polar surface area (TPSA) is 58.6 Å². The quantitative estimate of drug-likeness (QED) is 0.582. The van der Waals surface area contributed by atoms with Crippen LogP contribution in [0, 0.1) is 5.82 Å². The molecule has 0 spiro atoms. The van der Waals surface area contributed by atoms with Crippen molar-refractivity contribution in [3.05, 3.63) is 66.0 Å². The van der Waals surface area contributed by atoms with Crippen molar-refractivity contribution in [3.63, 3.8) is 0 Å². The van der Waals surface area contributed by atoms with E-state index in [1.54, 1.807) is 12.1 Å². The van der Waals surface area contributed by atoms with Crippen LogP contribution in [0.2, 0.25) is 0 Å². The van der Waals surface area contributed by atoms with Crippen LogP contribution in [-0.4, -0.2) is 35.9 Å². The molecule has 0 bridgehead atoms. The van der Waals surface area contributed by atoms with Crippen LogP contribution in [0.3, 0.4) is 0 Å². The van der Waals surface area contributed by atoms with Gasteiger partial charge in [0.15, 0.2) is 18.2 Å². The van der Waals surface area contributed by atoms with Gasteiger partial charge < -0.3 is 15.0 Å². The molecule has 0 aliphatic rings. The maximum atomic E-state index is 13.8. The number of carbonyl (C=O) groups excluding carboxylic acids is 2. The third-order valence-corrected chi connectivity index (χ3v) is 4.60. The van der Waals surface area contributed by atoms with Crippen LogP contribution in [0.1, 0.15) is 38.7 Å². The molecule has 2 aromatic rings. The fourth-order valence-corrected chi connectivity index (χ4v) is 2.99. The summed E-state index contributed by atoms with van der Waals surface area (Å²) in [6.07, 6.45) is 2.32. The van der Waals surface area contributed by atoms with Gasteiger partial charge in [-0.15, -0.1) is 0 Å². The van der Waals surface area contributed by atoms with Crippen molar-refractivity contribution in [3.8, 4) is 5.75 Å². The molecular formula is C23H29FN2O3. The van der Waals surface area contributed by atoms with Gasteiger partial charge in [0, 0.05) is 13.1 Å². The van der Waals surface area contributed by atoms with Crippen LogP contribution < -0.4 is 10.1 Å². The average molecular weight is 400 g/mol. The number of hydrogen-bond acceptors (Lipinski definition) is 3. The van der Waals surface area contributed by atoms with Gasteiger partial charge in [0.2, 0.25) is 5.91 Å². The minimum absolute atomic E-state index is 0.0148. The predicted molar refractivity (Wildman–Crippen MR) is 111 cm³/mol. The molecular weight excluding hydrogens is 371 g/mol. The fraction of sp³-hybridized carbons (Fsp3) is 0.391. The Kier molecular flexibility index (Phi) is 9.15. The molecule has 0 aromatic heterocycles. The Morgan fingerprint density at radius 3 is 2.41 bits per heavy atom. The van der Waals surface area contributed by atoms with E-state index < -0.39 is 11.9 Å². The molecule has 2 aromatic carbocycles. The Morgan fingerprint density at radius 1 is 1.07 bits per heavy atom. The van der Waals surface area contributed by atoms with E-state index in [0.29, 0.717) is 13.0 Å². The van der Waals surface area contributed by atoms with Gasteiger partial charge >= 0.3 is 0 Å².